The second-order valence-corrected chi connectivity index (χ2v) is 6.88. The first kappa shape index (κ1) is 18.4. The van der Waals surface area contributed by atoms with Crippen LogP contribution in [0, 0.1) is 5.92 Å². The maximum Gasteiger partial charge on any atom is 0.326 e. The lowest BCUT2D eigenvalue weighted by atomic mass is 9.93. The molecule has 0 bridgehead atoms. The van der Waals surface area contributed by atoms with Gasteiger partial charge in [0.2, 0.25) is 5.91 Å². The minimum Gasteiger partial charge on any atom is -0.480 e. The monoisotopic (exact) mass is 360 g/mol. The van der Waals surface area contributed by atoms with Crippen molar-refractivity contribution < 1.29 is 24.2 Å². The summed E-state index contributed by atoms with van der Waals surface area (Å²) in [5, 5.41) is 12.1. The van der Waals surface area contributed by atoms with Crippen molar-refractivity contribution >= 4 is 17.8 Å². The Morgan fingerprint density at radius 1 is 1.27 bits per heavy atom. The predicted molar refractivity (Wildman–Crippen MR) is 93.5 cm³/mol. The summed E-state index contributed by atoms with van der Waals surface area (Å²) in [5.41, 5.74) is 1.36. The molecule has 0 spiro atoms. The van der Waals surface area contributed by atoms with Crippen molar-refractivity contribution in [2.24, 2.45) is 5.92 Å². The van der Waals surface area contributed by atoms with Crippen LogP contribution in [0.2, 0.25) is 0 Å². The lowest BCUT2D eigenvalue weighted by molar-refractivity contribution is -0.142. The largest absolute Gasteiger partial charge is 0.480 e. The highest BCUT2D eigenvalue weighted by Gasteiger charge is 2.31. The van der Waals surface area contributed by atoms with E-state index in [4.69, 9.17) is 4.74 Å². The molecule has 0 aromatic heterocycles. The molecule has 2 N–H and O–H groups in total. The first-order valence-corrected chi connectivity index (χ1v) is 9.03. The Morgan fingerprint density at radius 3 is 2.62 bits per heavy atom. The Bertz CT molecular complexity index is 667. The third-order valence-corrected chi connectivity index (χ3v) is 4.98. The summed E-state index contributed by atoms with van der Waals surface area (Å²) < 4.78 is 5.34. The maximum absolute atomic E-state index is 12.4. The molecule has 140 valence electrons. The van der Waals surface area contributed by atoms with Crippen LogP contribution in [-0.4, -0.2) is 53.6 Å². The molecule has 0 aliphatic carbocycles. The van der Waals surface area contributed by atoms with Crippen molar-refractivity contribution in [1.29, 1.82) is 0 Å². The van der Waals surface area contributed by atoms with E-state index < -0.39 is 17.9 Å². The zero-order valence-electron chi connectivity index (χ0n) is 14.6. The lowest BCUT2D eigenvalue weighted by Crippen LogP contribution is -2.48. The van der Waals surface area contributed by atoms with Gasteiger partial charge in [-0.15, -0.1) is 0 Å². The summed E-state index contributed by atoms with van der Waals surface area (Å²) in [6.07, 6.45) is 3.01. The Balaban J connectivity index is 1.61. The lowest BCUT2D eigenvalue weighted by Gasteiger charge is -2.28. The van der Waals surface area contributed by atoms with Crippen LogP contribution >= 0.6 is 0 Å². The van der Waals surface area contributed by atoms with Crippen LogP contribution in [0.3, 0.4) is 0 Å². The first-order chi connectivity index (χ1) is 12.5. The van der Waals surface area contributed by atoms with Crippen LogP contribution in [0.1, 0.15) is 41.6 Å². The molecule has 2 aliphatic heterocycles. The van der Waals surface area contributed by atoms with E-state index >= 15 is 0 Å². The van der Waals surface area contributed by atoms with Gasteiger partial charge in [0.25, 0.3) is 5.91 Å². The van der Waals surface area contributed by atoms with E-state index in [1.54, 1.807) is 29.2 Å². The number of nitrogens with one attached hydrogen (secondary N) is 1. The second kappa shape index (κ2) is 8.31. The number of benzene rings is 1. The number of carbonyl (C=O) groups is 3. The quantitative estimate of drug-likeness (QED) is 0.800. The molecule has 2 heterocycles. The van der Waals surface area contributed by atoms with E-state index in [2.05, 4.69) is 5.32 Å². The molecule has 1 aromatic carbocycles. The highest BCUT2D eigenvalue weighted by Crippen LogP contribution is 2.19. The third-order valence-electron chi connectivity index (χ3n) is 4.98. The molecule has 2 unspecified atom stereocenters. The van der Waals surface area contributed by atoms with Gasteiger partial charge in [0, 0.05) is 37.6 Å². The van der Waals surface area contributed by atoms with E-state index in [-0.39, 0.29) is 11.8 Å². The standard InChI is InChI=1S/C19H24N2O5/c22-16-4-1-9-21(16)11-13-5-7-14(8-6-13)18(23)20-17(19(24)25)15-3-2-10-26-12-15/h5-8,15,17H,1-4,9-12H2,(H,20,23)(H,24,25). The maximum atomic E-state index is 12.4. The van der Waals surface area contributed by atoms with Gasteiger partial charge in [0.05, 0.1) is 6.61 Å². The van der Waals surface area contributed by atoms with Crippen LogP contribution in [0.4, 0.5) is 0 Å². The number of aliphatic carboxylic acids is 1. The number of carboxylic acids is 1. The zero-order chi connectivity index (χ0) is 18.5. The fraction of sp³-hybridized carbons (Fsp3) is 0.526. The van der Waals surface area contributed by atoms with E-state index in [0.29, 0.717) is 31.7 Å². The molecule has 2 amide bonds. The molecule has 7 nitrogen and oxygen atoms in total. The number of rotatable bonds is 6. The smallest absolute Gasteiger partial charge is 0.326 e. The fourth-order valence-corrected chi connectivity index (χ4v) is 3.49. The summed E-state index contributed by atoms with van der Waals surface area (Å²) in [4.78, 5) is 37.5. The Kier molecular flexibility index (Phi) is 5.88. The van der Waals surface area contributed by atoms with Crippen LogP contribution in [-0.2, 0) is 20.9 Å². The van der Waals surface area contributed by atoms with Crippen molar-refractivity contribution in [2.75, 3.05) is 19.8 Å². The van der Waals surface area contributed by atoms with Gasteiger partial charge in [-0.1, -0.05) is 12.1 Å². The normalized spacial score (nSPS) is 21.5. The molecule has 2 atom stereocenters. The van der Waals surface area contributed by atoms with E-state index in [1.165, 1.54) is 0 Å². The molecule has 3 rings (SSSR count). The number of hydrogen-bond donors (Lipinski definition) is 2. The number of ether oxygens (including phenoxy) is 1. The average Bonchev–Trinajstić information content (AvgIpc) is 3.05. The molecule has 7 heteroatoms. The number of nitrogens with zero attached hydrogens (tertiary/aromatic N) is 1. The number of amides is 2. The Morgan fingerprint density at radius 2 is 2.04 bits per heavy atom. The number of carboxylic acid groups (broad SMARTS) is 1. The summed E-state index contributed by atoms with van der Waals surface area (Å²) in [6.45, 7) is 2.29. The van der Waals surface area contributed by atoms with E-state index in [1.807, 2.05) is 0 Å². The molecular formula is C19H24N2O5. The molecule has 2 aliphatic rings. The van der Waals surface area contributed by atoms with Crippen LogP contribution < -0.4 is 5.32 Å². The minimum absolute atomic E-state index is 0.158. The van der Waals surface area contributed by atoms with Crippen molar-refractivity contribution in [3.8, 4) is 0 Å². The highest BCUT2D eigenvalue weighted by molar-refractivity contribution is 5.96. The van der Waals surface area contributed by atoms with Gasteiger partial charge < -0.3 is 20.1 Å². The van der Waals surface area contributed by atoms with Crippen molar-refractivity contribution in [2.45, 2.75) is 38.3 Å². The van der Waals surface area contributed by atoms with E-state index in [0.717, 1.165) is 31.4 Å². The van der Waals surface area contributed by atoms with Gasteiger partial charge in [-0.2, -0.15) is 0 Å². The summed E-state index contributed by atoms with van der Waals surface area (Å²) in [5.74, 6) is -1.51. The molecule has 2 fully saturated rings. The number of hydrogen-bond acceptors (Lipinski definition) is 4. The number of carbonyl (C=O) groups excluding carboxylic acids is 2. The SMILES string of the molecule is O=C(NC(C(=O)O)C1CCCOC1)c1ccc(CN2CCCC2=O)cc1. The summed E-state index contributed by atoms with van der Waals surface area (Å²) in [7, 11) is 0. The Labute approximate surface area is 152 Å². The highest BCUT2D eigenvalue weighted by atomic mass is 16.5. The molecule has 1 aromatic rings. The topological polar surface area (TPSA) is 95.9 Å². The van der Waals surface area contributed by atoms with Crippen LogP contribution in [0.5, 0.6) is 0 Å². The second-order valence-electron chi connectivity index (χ2n) is 6.88. The van der Waals surface area contributed by atoms with Crippen molar-refractivity contribution in [3.63, 3.8) is 0 Å². The van der Waals surface area contributed by atoms with Gasteiger partial charge in [-0.05, 0) is 37.0 Å². The van der Waals surface area contributed by atoms with Gasteiger partial charge in [-0.3, -0.25) is 9.59 Å². The van der Waals surface area contributed by atoms with Crippen LogP contribution in [0.15, 0.2) is 24.3 Å². The van der Waals surface area contributed by atoms with Gasteiger partial charge in [0.1, 0.15) is 6.04 Å². The summed E-state index contributed by atoms with van der Waals surface area (Å²) >= 11 is 0. The van der Waals surface area contributed by atoms with Gasteiger partial charge >= 0.3 is 5.97 Å². The molecule has 26 heavy (non-hydrogen) atoms. The average molecular weight is 360 g/mol. The third kappa shape index (κ3) is 4.40. The summed E-state index contributed by atoms with van der Waals surface area (Å²) in [6, 6.07) is 5.99. The fourth-order valence-electron chi connectivity index (χ4n) is 3.49. The van der Waals surface area contributed by atoms with Crippen LogP contribution in [0.25, 0.3) is 0 Å². The van der Waals surface area contributed by atoms with Crippen molar-refractivity contribution in [1.82, 2.24) is 10.2 Å². The van der Waals surface area contributed by atoms with E-state index in [9.17, 15) is 19.5 Å². The molecule has 2 saturated heterocycles. The van der Waals surface area contributed by atoms with Crippen molar-refractivity contribution in [3.05, 3.63) is 35.4 Å². The van der Waals surface area contributed by atoms with Gasteiger partial charge in [0.15, 0.2) is 0 Å². The Hall–Kier alpha value is -2.41. The molecule has 0 saturated carbocycles. The molecular weight excluding hydrogens is 336 g/mol. The van der Waals surface area contributed by atoms with Gasteiger partial charge in [-0.25, -0.2) is 4.79 Å². The minimum atomic E-state index is -1.04. The number of likely N-dealkylation sites (tertiary alicyclic amines) is 1. The zero-order valence-corrected chi connectivity index (χ0v) is 14.6. The molecule has 0 radical (unpaired) electrons. The first-order valence-electron chi connectivity index (χ1n) is 9.03. The predicted octanol–water partition coefficient (Wildman–Crippen LogP) is 1.42.